The van der Waals surface area contributed by atoms with Gasteiger partial charge >= 0.3 is 0 Å². The summed E-state index contributed by atoms with van der Waals surface area (Å²) in [4.78, 5) is 7.01. The molecule has 24 heavy (non-hydrogen) atoms. The molecule has 1 aliphatic heterocycles. The molecule has 0 unspecified atom stereocenters. The summed E-state index contributed by atoms with van der Waals surface area (Å²) in [6.45, 7) is 1.62. The number of sulfonamides is 1. The molecule has 0 fully saturated rings. The van der Waals surface area contributed by atoms with Crippen molar-refractivity contribution in [3.63, 3.8) is 0 Å². The zero-order valence-corrected chi connectivity index (χ0v) is 14.1. The van der Waals surface area contributed by atoms with Gasteiger partial charge in [-0.05, 0) is 49.4 Å². The summed E-state index contributed by atoms with van der Waals surface area (Å²) in [5.41, 5.74) is 4.21. The van der Waals surface area contributed by atoms with E-state index in [1.54, 1.807) is 12.1 Å². The number of hydrogen-bond donors (Lipinski definition) is 1. The third-order valence-corrected chi connectivity index (χ3v) is 5.88. The Hall–Kier alpha value is -2.38. The second-order valence-electron chi connectivity index (χ2n) is 5.85. The van der Waals surface area contributed by atoms with Crippen LogP contribution in [0, 0.1) is 0 Å². The number of pyridine rings is 1. The SMILES string of the molecule is CNS(=O)(=O)c1ccc2c(c1)CCN2Cc1cnc2ccccn12. The van der Waals surface area contributed by atoms with E-state index >= 15 is 0 Å². The Morgan fingerprint density at radius 2 is 2.12 bits per heavy atom. The van der Waals surface area contributed by atoms with Gasteiger partial charge in [-0.25, -0.2) is 18.1 Å². The number of aromatic nitrogens is 2. The van der Waals surface area contributed by atoms with E-state index in [2.05, 4.69) is 19.0 Å². The lowest BCUT2D eigenvalue weighted by Crippen LogP contribution is -2.21. The summed E-state index contributed by atoms with van der Waals surface area (Å²) in [7, 11) is -1.97. The molecule has 124 valence electrons. The lowest BCUT2D eigenvalue weighted by Gasteiger charge is -2.19. The minimum Gasteiger partial charge on any atom is -0.365 e. The maximum atomic E-state index is 11.9. The van der Waals surface area contributed by atoms with Crippen LogP contribution in [0.4, 0.5) is 5.69 Å². The second-order valence-corrected chi connectivity index (χ2v) is 7.73. The van der Waals surface area contributed by atoms with Gasteiger partial charge in [0.1, 0.15) is 5.65 Å². The molecule has 0 atom stereocenters. The van der Waals surface area contributed by atoms with Gasteiger partial charge in [-0.1, -0.05) is 6.07 Å². The van der Waals surface area contributed by atoms with E-state index in [9.17, 15) is 8.42 Å². The standard InChI is InChI=1S/C17H18N4O2S/c1-18-24(22,23)15-5-6-16-13(10-15)7-9-20(16)12-14-11-19-17-4-2-3-8-21(14)17/h2-6,8,10-11,18H,7,9,12H2,1H3. The number of anilines is 1. The summed E-state index contributed by atoms with van der Waals surface area (Å²) < 4.78 is 28.3. The fourth-order valence-corrected chi connectivity index (χ4v) is 3.97. The molecule has 1 N–H and O–H groups in total. The number of nitrogens with zero attached hydrogens (tertiary/aromatic N) is 3. The third-order valence-electron chi connectivity index (χ3n) is 4.47. The molecule has 0 spiro atoms. The average molecular weight is 342 g/mol. The highest BCUT2D eigenvalue weighted by Crippen LogP contribution is 2.31. The number of rotatable bonds is 4. The summed E-state index contributed by atoms with van der Waals surface area (Å²) >= 11 is 0. The van der Waals surface area contributed by atoms with Gasteiger partial charge in [0.05, 0.1) is 23.3 Å². The summed E-state index contributed by atoms with van der Waals surface area (Å²) in [5, 5.41) is 0. The Kier molecular flexibility index (Phi) is 3.54. The normalized spacial score (nSPS) is 14.3. The molecule has 0 saturated carbocycles. The summed E-state index contributed by atoms with van der Waals surface area (Å²) in [5.74, 6) is 0. The van der Waals surface area contributed by atoms with Crippen LogP contribution in [0.1, 0.15) is 11.3 Å². The minimum atomic E-state index is -3.40. The smallest absolute Gasteiger partial charge is 0.240 e. The van der Waals surface area contributed by atoms with Crippen molar-refractivity contribution in [1.82, 2.24) is 14.1 Å². The zero-order chi connectivity index (χ0) is 16.7. The molecule has 1 aliphatic rings. The van der Waals surface area contributed by atoms with Gasteiger partial charge in [0.15, 0.2) is 0 Å². The fraction of sp³-hybridized carbons (Fsp3) is 0.235. The number of hydrogen-bond acceptors (Lipinski definition) is 4. The summed E-state index contributed by atoms with van der Waals surface area (Å²) in [6, 6.07) is 11.3. The number of fused-ring (bicyclic) bond motifs is 2. The molecule has 2 aromatic heterocycles. The van der Waals surface area contributed by atoms with Gasteiger partial charge in [0.25, 0.3) is 0 Å². The Balaban J connectivity index is 1.65. The quantitative estimate of drug-likeness (QED) is 0.785. The van der Waals surface area contributed by atoms with Crippen molar-refractivity contribution in [1.29, 1.82) is 0 Å². The first-order valence-corrected chi connectivity index (χ1v) is 9.29. The predicted octanol–water partition coefficient (Wildman–Crippen LogP) is 1.81. The molecular weight excluding hydrogens is 324 g/mol. The monoisotopic (exact) mass is 342 g/mol. The van der Waals surface area contributed by atoms with E-state index in [0.717, 1.165) is 42.1 Å². The molecule has 7 heteroatoms. The molecule has 1 aromatic carbocycles. The molecule has 6 nitrogen and oxygen atoms in total. The molecule has 0 aliphatic carbocycles. The molecule has 0 amide bonds. The van der Waals surface area contributed by atoms with Crippen molar-refractivity contribution in [3.8, 4) is 0 Å². The van der Waals surface area contributed by atoms with Crippen LogP contribution in [0.2, 0.25) is 0 Å². The van der Waals surface area contributed by atoms with E-state index in [1.807, 2.05) is 36.7 Å². The maximum absolute atomic E-state index is 11.9. The Morgan fingerprint density at radius 3 is 2.96 bits per heavy atom. The van der Waals surface area contributed by atoms with Crippen LogP contribution < -0.4 is 9.62 Å². The average Bonchev–Trinajstić information content (AvgIpc) is 3.20. The van der Waals surface area contributed by atoms with Gasteiger partial charge in [-0.15, -0.1) is 0 Å². The first kappa shape index (κ1) is 15.2. The topological polar surface area (TPSA) is 66.7 Å². The first-order chi connectivity index (χ1) is 11.6. The maximum Gasteiger partial charge on any atom is 0.240 e. The predicted molar refractivity (Wildman–Crippen MR) is 92.6 cm³/mol. The third kappa shape index (κ3) is 2.46. The first-order valence-electron chi connectivity index (χ1n) is 7.81. The van der Waals surface area contributed by atoms with Gasteiger partial charge < -0.3 is 9.30 Å². The Labute approximate surface area is 140 Å². The van der Waals surface area contributed by atoms with Crippen LogP contribution in [-0.2, 0) is 23.0 Å². The molecule has 0 saturated heterocycles. The van der Waals surface area contributed by atoms with Crippen LogP contribution >= 0.6 is 0 Å². The van der Waals surface area contributed by atoms with Crippen molar-refractivity contribution < 1.29 is 8.42 Å². The van der Waals surface area contributed by atoms with Gasteiger partial charge in [-0.3, -0.25) is 0 Å². The molecule has 3 aromatic rings. The van der Waals surface area contributed by atoms with Crippen LogP contribution in [0.15, 0.2) is 53.7 Å². The number of nitrogens with one attached hydrogen (secondary N) is 1. The number of benzene rings is 1. The van der Waals surface area contributed by atoms with E-state index in [-0.39, 0.29) is 0 Å². The van der Waals surface area contributed by atoms with Crippen LogP contribution in [-0.4, -0.2) is 31.4 Å². The second kappa shape index (κ2) is 5.61. The largest absolute Gasteiger partial charge is 0.365 e. The minimum absolute atomic E-state index is 0.320. The summed E-state index contributed by atoms with van der Waals surface area (Å²) in [6.07, 6.45) is 4.75. The van der Waals surface area contributed by atoms with Crippen molar-refractivity contribution in [2.45, 2.75) is 17.9 Å². The molecule has 0 bridgehead atoms. The lowest BCUT2D eigenvalue weighted by atomic mass is 10.2. The lowest BCUT2D eigenvalue weighted by molar-refractivity contribution is 0.588. The van der Waals surface area contributed by atoms with Crippen molar-refractivity contribution in [3.05, 3.63) is 60.0 Å². The highest BCUT2D eigenvalue weighted by Gasteiger charge is 2.23. The highest BCUT2D eigenvalue weighted by atomic mass is 32.2. The van der Waals surface area contributed by atoms with E-state index < -0.39 is 10.0 Å². The van der Waals surface area contributed by atoms with Gasteiger partial charge in [0.2, 0.25) is 10.0 Å². The van der Waals surface area contributed by atoms with Crippen molar-refractivity contribution in [2.24, 2.45) is 0 Å². The van der Waals surface area contributed by atoms with Crippen LogP contribution in [0.25, 0.3) is 5.65 Å². The zero-order valence-electron chi connectivity index (χ0n) is 13.3. The van der Waals surface area contributed by atoms with E-state index in [0.29, 0.717) is 4.90 Å². The molecule has 3 heterocycles. The van der Waals surface area contributed by atoms with Crippen LogP contribution in [0.5, 0.6) is 0 Å². The van der Waals surface area contributed by atoms with Gasteiger partial charge in [0, 0.05) is 18.4 Å². The highest BCUT2D eigenvalue weighted by molar-refractivity contribution is 7.89. The molecule has 0 radical (unpaired) electrons. The van der Waals surface area contributed by atoms with E-state index in [4.69, 9.17) is 0 Å². The van der Waals surface area contributed by atoms with Crippen LogP contribution in [0.3, 0.4) is 0 Å². The van der Waals surface area contributed by atoms with Crippen molar-refractivity contribution in [2.75, 3.05) is 18.5 Å². The Bertz CT molecular complexity index is 1010. The fourth-order valence-electron chi connectivity index (χ4n) is 3.19. The van der Waals surface area contributed by atoms with Crippen molar-refractivity contribution >= 4 is 21.4 Å². The molecule has 4 rings (SSSR count). The van der Waals surface area contributed by atoms with E-state index in [1.165, 1.54) is 7.05 Å². The number of imidazole rings is 1. The Morgan fingerprint density at radius 1 is 1.25 bits per heavy atom. The van der Waals surface area contributed by atoms with Gasteiger partial charge in [-0.2, -0.15) is 0 Å². The molecular formula is C17H18N4O2S.